The monoisotopic (exact) mass is 576 g/mol. The van der Waals surface area contributed by atoms with E-state index in [1.54, 1.807) is 12.1 Å². The van der Waals surface area contributed by atoms with Gasteiger partial charge in [0, 0.05) is 25.6 Å². The van der Waals surface area contributed by atoms with Crippen molar-refractivity contribution in [1.82, 2.24) is 0 Å². The van der Waals surface area contributed by atoms with E-state index in [0.29, 0.717) is 0 Å². The Labute approximate surface area is 250 Å². The Morgan fingerprint density at radius 1 is 0.744 bits per heavy atom. The lowest BCUT2D eigenvalue weighted by atomic mass is 9.84. The Kier molecular flexibility index (Phi) is 5.62. The summed E-state index contributed by atoms with van der Waals surface area (Å²) in [6.07, 6.45) is -5.36. The van der Waals surface area contributed by atoms with Crippen molar-refractivity contribution >= 4 is 43.5 Å². The number of hydrogen-bond acceptors (Lipinski definition) is 1. The second-order valence-corrected chi connectivity index (χ2v) is 11.8. The molecule has 0 radical (unpaired) electrons. The molecule has 0 saturated carbocycles. The summed E-state index contributed by atoms with van der Waals surface area (Å²) in [7, 11) is 1.97. The fourth-order valence-corrected chi connectivity index (χ4v) is 5.93. The SMILES string of the molecule is [2H]C([2H])(c1ccc(-c2cc[n+](C)c(-c3c(C)ccc4c3oc3cc5c(ccc6ccccc65)cc34)c2)cc1)C(C)(C)C(F)(F)F. The number of furan rings is 1. The van der Waals surface area contributed by atoms with Crippen LogP contribution < -0.4 is 4.57 Å². The van der Waals surface area contributed by atoms with Gasteiger partial charge in [-0.1, -0.05) is 86.6 Å². The Hall–Kier alpha value is -4.64. The smallest absolute Gasteiger partial charge is 0.394 e. The summed E-state index contributed by atoms with van der Waals surface area (Å²) in [5.74, 6) is 0. The zero-order valence-corrected chi connectivity index (χ0v) is 24.3. The number of halogens is 3. The van der Waals surface area contributed by atoms with E-state index < -0.39 is 18.0 Å². The summed E-state index contributed by atoms with van der Waals surface area (Å²) < 4.78 is 66.4. The maximum atomic E-state index is 13.7. The Morgan fingerprint density at radius 3 is 2.26 bits per heavy atom. The fraction of sp³-hybridized carbons (Fsp3) is 0.184. The van der Waals surface area contributed by atoms with Crippen LogP contribution in [0.3, 0.4) is 0 Å². The van der Waals surface area contributed by atoms with E-state index in [4.69, 9.17) is 7.16 Å². The molecule has 43 heavy (non-hydrogen) atoms. The first-order chi connectivity index (χ1) is 21.3. The third-order valence-corrected chi connectivity index (χ3v) is 8.50. The lowest BCUT2D eigenvalue weighted by Crippen LogP contribution is -2.34. The molecule has 0 fully saturated rings. The maximum Gasteiger partial charge on any atom is 0.394 e. The summed E-state index contributed by atoms with van der Waals surface area (Å²) in [4.78, 5) is 0. The van der Waals surface area contributed by atoms with Gasteiger partial charge in [-0.2, -0.15) is 13.2 Å². The topological polar surface area (TPSA) is 17.0 Å². The standard InChI is InChI=1S/C38H31F3NO/c1-23-9-16-30-32-19-28-15-14-26-7-5-6-8-29(26)31(28)21-34(32)43-36(30)35(23)33-20-27(17-18-42(33)4)25-12-10-24(11-13-25)22-37(2,3)38(39,40)41/h5-21H,22H2,1-4H3/q+1/i22D2. The minimum atomic E-state index is -4.70. The molecule has 0 amide bonds. The highest BCUT2D eigenvalue weighted by Gasteiger charge is 2.46. The minimum absolute atomic E-state index is 0.0154. The van der Waals surface area contributed by atoms with Gasteiger partial charge in [0.25, 0.3) is 0 Å². The van der Waals surface area contributed by atoms with Gasteiger partial charge < -0.3 is 4.42 Å². The number of nitrogens with zero attached hydrogens (tertiary/aromatic N) is 1. The summed E-state index contributed by atoms with van der Waals surface area (Å²) in [6.45, 7) is 3.85. The molecule has 0 aliphatic carbocycles. The molecule has 7 rings (SSSR count). The third kappa shape index (κ3) is 4.55. The number of benzene rings is 5. The molecule has 0 atom stereocenters. The normalized spacial score (nSPS) is 13.7. The molecular formula is C38H31F3NO+. The van der Waals surface area contributed by atoms with Crippen LogP contribution in [0.25, 0.3) is 65.9 Å². The lowest BCUT2D eigenvalue weighted by molar-refractivity contribution is -0.660. The van der Waals surface area contributed by atoms with Crippen molar-refractivity contribution in [2.75, 3.05) is 0 Å². The van der Waals surface area contributed by atoms with Gasteiger partial charge in [0.05, 0.1) is 11.0 Å². The van der Waals surface area contributed by atoms with Crippen LogP contribution in [0.2, 0.25) is 0 Å². The summed E-state index contributed by atoms with van der Waals surface area (Å²) in [5, 5.41) is 6.69. The van der Waals surface area contributed by atoms with Crippen molar-refractivity contribution in [3.8, 4) is 22.4 Å². The fourth-order valence-electron chi connectivity index (χ4n) is 5.93. The molecule has 2 aromatic heterocycles. The zero-order valence-electron chi connectivity index (χ0n) is 26.3. The van der Waals surface area contributed by atoms with E-state index in [1.165, 1.54) is 22.9 Å². The third-order valence-electron chi connectivity index (χ3n) is 8.50. The quantitative estimate of drug-likeness (QED) is 0.150. The molecule has 0 saturated heterocycles. The first-order valence-electron chi connectivity index (χ1n) is 15.2. The molecule has 2 heterocycles. The van der Waals surface area contributed by atoms with Crippen LogP contribution in [-0.2, 0) is 13.4 Å². The minimum Gasteiger partial charge on any atom is -0.455 e. The molecular weight excluding hydrogens is 543 g/mol. The van der Waals surface area contributed by atoms with Crippen molar-refractivity contribution in [3.63, 3.8) is 0 Å². The molecule has 0 N–H and O–H groups in total. The first kappa shape index (κ1) is 24.9. The number of aromatic nitrogens is 1. The first-order valence-corrected chi connectivity index (χ1v) is 14.2. The number of pyridine rings is 1. The van der Waals surface area contributed by atoms with Crippen LogP contribution in [0.15, 0.2) is 108 Å². The molecule has 5 heteroatoms. The van der Waals surface area contributed by atoms with Gasteiger partial charge in [0.1, 0.15) is 18.2 Å². The predicted molar refractivity (Wildman–Crippen MR) is 169 cm³/mol. The van der Waals surface area contributed by atoms with Crippen LogP contribution in [0.1, 0.15) is 27.7 Å². The molecule has 214 valence electrons. The van der Waals surface area contributed by atoms with Gasteiger partial charge in [-0.25, -0.2) is 4.57 Å². The average molecular weight is 577 g/mol. The summed E-state index contributed by atoms with van der Waals surface area (Å²) in [6, 6.07) is 31.4. The Morgan fingerprint density at radius 2 is 1.49 bits per heavy atom. The highest BCUT2D eigenvalue weighted by molar-refractivity contribution is 6.17. The molecule has 0 aliphatic rings. The molecule has 5 aromatic carbocycles. The van der Waals surface area contributed by atoms with Crippen molar-refractivity contribution in [2.45, 2.75) is 33.3 Å². The Balaban J connectivity index is 1.35. The van der Waals surface area contributed by atoms with Crippen molar-refractivity contribution in [3.05, 3.63) is 114 Å². The lowest BCUT2D eigenvalue weighted by Gasteiger charge is -2.27. The summed E-state index contributed by atoms with van der Waals surface area (Å²) >= 11 is 0. The molecule has 2 nitrogen and oxygen atoms in total. The van der Waals surface area contributed by atoms with Crippen LogP contribution in [-0.4, -0.2) is 6.18 Å². The van der Waals surface area contributed by atoms with Gasteiger partial charge >= 0.3 is 6.18 Å². The number of alkyl halides is 3. The van der Waals surface area contributed by atoms with Gasteiger partial charge in [0.15, 0.2) is 6.20 Å². The maximum absolute atomic E-state index is 13.7. The predicted octanol–water partition coefficient (Wildman–Crippen LogP) is 10.5. The number of hydrogen-bond donors (Lipinski definition) is 0. The number of aryl methyl sites for hydroxylation is 2. The van der Waals surface area contributed by atoms with E-state index in [-0.39, 0.29) is 5.56 Å². The van der Waals surface area contributed by atoms with Crippen molar-refractivity contribution in [2.24, 2.45) is 12.5 Å². The van der Waals surface area contributed by atoms with Gasteiger partial charge in [-0.3, -0.25) is 0 Å². The van der Waals surface area contributed by atoms with E-state index in [1.807, 2.05) is 42.1 Å². The van der Waals surface area contributed by atoms with Crippen molar-refractivity contribution in [1.29, 1.82) is 0 Å². The molecule has 7 aromatic rings. The molecule has 0 unspecified atom stereocenters. The second kappa shape index (κ2) is 9.70. The Bertz CT molecular complexity index is 2280. The van der Waals surface area contributed by atoms with Crippen LogP contribution in [0.4, 0.5) is 13.2 Å². The van der Waals surface area contributed by atoms with Gasteiger partial charge in [0.2, 0.25) is 5.69 Å². The van der Waals surface area contributed by atoms with Crippen LogP contribution >= 0.6 is 0 Å². The second-order valence-electron chi connectivity index (χ2n) is 11.8. The van der Waals surface area contributed by atoms with Crippen LogP contribution in [0, 0.1) is 12.3 Å². The highest BCUT2D eigenvalue weighted by atomic mass is 19.4. The van der Waals surface area contributed by atoms with E-state index >= 15 is 0 Å². The number of rotatable bonds is 4. The zero-order chi connectivity index (χ0) is 31.9. The van der Waals surface area contributed by atoms with Gasteiger partial charge in [-0.05, 0) is 69.2 Å². The van der Waals surface area contributed by atoms with Gasteiger partial charge in [-0.15, -0.1) is 0 Å². The molecule has 0 aliphatic heterocycles. The molecule has 0 spiro atoms. The van der Waals surface area contributed by atoms with E-state index in [0.717, 1.165) is 74.5 Å². The highest BCUT2D eigenvalue weighted by Crippen LogP contribution is 2.42. The van der Waals surface area contributed by atoms with Crippen LogP contribution in [0.5, 0.6) is 0 Å². The van der Waals surface area contributed by atoms with Crippen molar-refractivity contribution < 1.29 is 24.9 Å². The summed E-state index contributed by atoms with van der Waals surface area (Å²) in [5.41, 5.74) is 3.58. The number of fused-ring (bicyclic) bond motifs is 6. The van der Waals surface area contributed by atoms with E-state index in [2.05, 4.69) is 55.5 Å². The largest absolute Gasteiger partial charge is 0.455 e. The molecule has 0 bridgehead atoms. The van der Waals surface area contributed by atoms with E-state index in [9.17, 15) is 13.2 Å². The average Bonchev–Trinajstić information content (AvgIpc) is 3.37.